The topological polar surface area (TPSA) is 78.5 Å². The monoisotopic (exact) mass is 411 g/mol. The standard InChI is InChI=1S/C17H12Cl3N3O3/c18-9-1-4-11(5-2-9)23-16(25)12(8-21-17(23)26)15(24)22-10-3-6-13(19)14(20)7-10/h1-7,12H,8H2,(H,21,26)(H,22,24). The van der Waals surface area contributed by atoms with Crippen LogP contribution >= 0.6 is 34.8 Å². The van der Waals surface area contributed by atoms with E-state index in [9.17, 15) is 14.4 Å². The number of urea groups is 1. The third-order valence-electron chi connectivity index (χ3n) is 3.77. The first-order chi connectivity index (χ1) is 12.4. The number of amides is 4. The number of benzene rings is 2. The number of hydrogen-bond acceptors (Lipinski definition) is 3. The highest BCUT2D eigenvalue weighted by molar-refractivity contribution is 6.42. The van der Waals surface area contributed by atoms with Gasteiger partial charge in [-0.2, -0.15) is 0 Å². The SMILES string of the molecule is O=C(Nc1ccc(Cl)c(Cl)c1)C1CNC(=O)N(c2ccc(Cl)cc2)C1=O. The van der Waals surface area contributed by atoms with Crippen LogP contribution < -0.4 is 15.5 Å². The van der Waals surface area contributed by atoms with Gasteiger partial charge < -0.3 is 10.6 Å². The lowest BCUT2D eigenvalue weighted by Gasteiger charge is -2.30. The van der Waals surface area contributed by atoms with Crippen molar-refractivity contribution in [2.45, 2.75) is 0 Å². The van der Waals surface area contributed by atoms with Gasteiger partial charge in [-0.25, -0.2) is 9.69 Å². The fourth-order valence-electron chi connectivity index (χ4n) is 2.45. The lowest BCUT2D eigenvalue weighted by molar-refractivity contribution is -0.130. The Morgan fingerprint density at radius 3 is 2.38 bits per heavy atom. The number of halogens is 3. The van der Waals surface area contributed by atoms with E-state index in [0.717, 1.165) is 4.90 Å². The fourth-order valence-corrected chi connectivity index (χ4v) is 2.88. The van der Waals surface area contributed by atoms with Crippen molar-refractivity contribution in [1.29, 1.82) is 0 Å². The molecule has 2 aromatic carbocycles. The fraction of sp³-hybridized carbons (Fsp3) is 0.118. The Kier molecular flexibility index (Phi) is 5.36. The van der Waals surface area contributed by atoms with Gasteiger partial charge in [-0.15, -0.1) is 0 Å². The molecule has 2 N–H and O–H groups in total. The van der Waals surface area contributed by atoms with Crippen LogP contribution in [0.4, 0.5) is 16.2 Å². The molecule has 6 nitrogen and oxygen atoms in total. The average molecular weight is 413 g/mol. The maximum atomic E-state index is 12.7. The van der Waals surface area contributed by atoms with Gasteiger partial charge in [-0.05, 0) is 42.5 Å². The van der Waals surface area contributed by atoms with Crippen LogP contribution in [0.2, 0.25) is 15.1 Å². The molecule has 0 saturated carbocycles. The molecule has 0 aliphatic carbocycles. The minimum Gasteiger partial charge on any atom is -0.336 e. The highest BCUT2D eigenvalue weighted by atomic mass is 35.5. The van der Waals surface area contributed by atoms with Gasteiger partial charge in [0.05, 0.1) is 15.7 Å². The van der Waals surface area contributed by atoms with Gasteiger partial charge in [0.25, 0.3) is 0 Å². The second kappa shape index (κ2) is 7.53. The largest absolute Gasteiger partial charge is 0.336 e. The zero-order valence-corrected chi connectivity index (χ0v) is 15.4. The molecular weight excluding hydrogens is 401 g/mol. The molecule has 1 aliphatic rings. The lowest BCUT2D eigenvalue weighted by Crippen LogP contribution is -2.58. The number of carbonyl (C=O) groups is 3. The van der Waals surface area contributed by atoms with Crippen LogP contribution in [0.25, 0.3) is 0 Å². The molecule has 4 amide bonds. The van der Waals surface area contributed by atoms with Crippen molar-refractivity contribution in [2.24, 2.45) is 5.92 Å². The van der Waals surface area contributed by atoms with E-state index in [-0.39, 0.29) is 11.6 Å². The predicted molar refractivity (Wildman–Crippen MR) is 101 cm³/mol. The first-order valence-electron chi connectivity index (χ1n) is 7.50. The maximum Gasteiger partial charge on any atom is 0.328 e. The van der Waals surface area contributed by atoms with Gasteiger partial charge in [0.1, 0.15) is 5.92 Å². The van der Waals surface area contributed by atoms with Crippen molar-refractivity contribution < 1.29 is 14.4 Å². The minimum absolute atomic E-state index is 0.102. The minimum atomic E-state index is -1.09. The summed E-state index contributed by atoms with van der Waals surface area (Å²) in [6.45, 7) is -0.102. The van der Waals surface area contributed by atoms with Crippen molar-refractivity contribution in [3.63, 3.8) is 0 Å². The molecule has 2 aromatic rings. The molecule has 1 aliphatic heterocycles. The quantitative estimate of drug-likeness (QED) is 0.749. The first kappa shape index (κ1) is 18.5. The van der Waals surface area contributed by atoms with Crippen molar-refractivity contribution in [3.05, 3.63) is 57.5 Å². The molecule has 26 heavy (non-hydrogen) atoms. The van der Waals surface area contributed by atoms with E-state index < -0.39 is 23.8 Å². The van der Waals surface area contributed by atoms with E-state index in [4.69, 9.17) is 34.8 Å². The van der Waals surface area contributed by atoms with Crippen LogP contribution in [-0.4, -0.2) is 24.4 Å². The summed E-state index contributed by atoms with van der Waals surface area (Å²) in [6.07, 6.45) is 0. The molecule has 0 aromatic heterocycles. The Balaban J connectivity index is 1.80. The van der Waals surface area contributed by atoms with E-state index in [0.29, 0.717) is 21.4 Å². The summed E-state index contributed by atoms with van der Waals surface area (Å²) in [5, 5.41) is 6.23. The Bertz CT molecular complexity index is 887. The van der Waals surface area contributed by atoms with Crippen LogP contribution in [0.1, 0.15) is 0 Å². The molecule has 134 valence electrons. The molecule has 0 bridgehead atoms. The van der Waals surface area contributed by atoms with Crippen molar-refractivity contribution in [2.75, 3.05) is 16.8 Å². The van der Waals surface area contributed by atoms with E-state index in [1.165, 1.54) is 24.3 Å². The summed E-state index contributed by atoms with van der Waals surface area (Å²) in [4.78, 5) is 38.2. The zero-order valence-electron chi connectivity index (χ0n) is 13.1. The molecule has 0 radical (unpaired) electrons. The van der Waals surface area contributed by atoms with Crippen LogP contribution in [0, 0.1) is 5.92 Å². The Morgan fingerprint density at radius 2 is 1.73 bits per heavy atom. The summed E-state index contributed by atoms with van der Waals surface area (Å²) in [5.74, 6) is -2.28. The second-order valence-electron chi connectivity index (χ2n) is 5.51. The second-order valence-corrected chi connectivity index (χ2v) is 6.76. The number of carbonyl (C=O) groups excluding carboxylic acids is 3. The summed E-state index contributed by atoms with van der Waals surface area (Å²) in [5.41, 5.74) is 0.719. The normalized spacial score (nSPS) is 17.0. The summed E-state index contributed by atoms with van der Waals surface area (Å²) in [6, 6.07) is 10.1. The smallest absolute Gasteiger partial charge is 0.328 e. The summed E-state index contributed by atoms with van der Waals surface area (Å²) < 4.78 is 0. The Labute approximate surface area is 164 Å². The van der Waals surface area contributed by atoms with Crippen LogP contribution in [0.3, 0.4) is 0 Å². The van der Waals surface area contributed by atoms with Crippen LogP contribution in [-0.2, 0) is 9.59 Å². The molecule has 1 saturated heterocycles. The molecule has 0 spiro atoms. The predicted octanol–water partition coefficient (Wildman–Crippen LogP) is 3.96. The average Bonchev–Trinajstić information content (AvgIpc) is 2.60. The number of hydrogen-bond donors (Lipinski definition) is 2. The third kappa shape index (κ3) is 3.77. The van der Waals surface area contributed by atoms with Gasteiger partial charge >= 0.3 is 6.03 Å². The van der Waals surface area contributed by atoms with E-state index in [2.05, 4.69) is 10.6 Å². The van der Waals surface area contributed by atoms with Crippen LogP contribution in [0.15, 0.2) is 42.5 Å². The van der Waals surface area contributed by atoms with Crippen molar-refractivity contribution in [1.82, 2.24) is 5.32 Å². The highest BCUT2D eigenvalue weighted by Gasteiger charge is 2.39. The third-order valence-corrected chi connectivity index (χ3v) is 4.76. The molecule has 9 heteroatoms. The molecular formula is C17H12Cl3N3O3. The number of nitrogens with one attached hydrogen (secondary N) is 2. The van der Waals surface area contributed by atoms with Gasteiger partial charge in [0, 0.05) is 17.3 Å². The molecule has 1 heterocycles. The number of nitrogens with zero attached hydrogens (tertiary/aromatic N) is 1. The van der Waals surface area contributed by atoms with Crippen molar-refractivity contribution in [3.8, 4) is 0 Å². The van der Waals surface area contributed by atoms with Gasteiger partial charge in [0.15, 0.2) is 0 Å². The summed E-state index contributed by atoms with van der Waals surface area (Å²) in [7, 11) is 0. The molecule has 1 atom stereocenters. The number of anilines is 2. The van der Waals surface area contributed by atoms with Crippen LogP contribution in [0.5, 0.6) is 0 Å². The van der Waals surface area contributed by atoms with Gasteiger partial charge in [-0.3, -0.25) is 9.59 Å². The Hall–Kier alpha value is -2.28. The number of imide groups is 1. The van der Waals surface area contributed by atoms with Gasteiger partial charge in [-0.1, -0.05) is 34.8 Å². The van der Waals surface area contributed by atoms with E-state index in [1.54, 1.807) is 18.2 Å². The maximum absolute atomic E-state index is 12.7. The van der Waals surface area contributed by atoms with E-state index in [1.807, 2.05) is 0 Å². The van der Waals surface area contributed by atoms with Crippen molar-refractivity contribution >= 4 is 64.0 Å². The first-order valence-corrected chi connectivity index (χ1v) is 8.63. The Morgan fingerprint density at radius 1 is 1.04 bits per heavy atom. The molecule has 1 fully saturated rings. The highest BCUT2D eigenvalue weighted by Crippen LogP contribution is 2.26. The lowest BCUT2D eigenvalue weighted by atomic mass is 10.0. The van der Waals surface area contributed by atoms with E-state index >= 15 is 0 Å². The molecule has 1 unspecified atom stereocenters. The summed E-state index contributed by atoms with van der Waals surface area (Å²) >= 11 is 17.6. The molecule has 3 rings (SSSR count). The number of rotatable bonds is 3. The van der Waals surface area contributed by atoms with Gasteiger partial charge in [0.2, 0.25) is 11.8 Å². The zero-order chi connectivity index (χ0) is 18.8.